The first-order chi connectivity index (χ1) is 17.2. The monoisotopic (exact) mass is 514 g/mol. The van der Waals surface area contributed by atoms with E-state index in [-0.39, 0.29) is 17.3 Å². The standard InChI is InChI=1S/C28H47BN4O4/c1-20-22(19-31-14-16-33(17-15-31)25(34)35-26(3,4)5)18-23(29-36-27(6,7)28(8,9)37-29)21(2)24(20)32-12-10-30-11-13-32/h18,30H,10-17,19H2,1-9H3. The van der Waals surface area contributed by atoms with Gasteiger partial charge in [-0.05, 0) is 84.5 Å². The number of amides is 1. The molecule has 0 saturated carbocycles. The van der Waals surface area contributed by atoms with Gasteiger partial charge in [0.05, 0.1) is 11.2 Å². The molecule has 3 fully saturated rings. The lowest BCUT2D eigenvalue weighted by atomic mass is 9.73. The summed E-state index contributed by atoms with van der Waals surface area (Å²) in [7, 11) is -0.393. The highest BCUT2D eigenvalue weighted by Gasteiger charge is 2.52. The van der Waals surface area contributed by atoms with Crippen LogP contribution in [0.2, 0.25) is 0 Å². The van der Waals surface area contributed by atoms with E-state index in [0.717, 1.165) is 51.3 Å². The van der Waals surface area contributed by atoms with E-state index in [1.54, 1.807) is 0 Å². The number of carbonyl (C=O) groups is 1. The molecule has 0 aliphatic carbocycles. The summed E-state index contributed by atoms with van der Waals surface area (Å²) in [5.74, 6) is 0. The van der Waals surface area contributed by atoms with Crippen LogP contribution in [0.1, 0.15) is 65.2 Å². The zero-order chi connectivity index (χ0) is 27.2. The number of ether oxygens (including phenoxy) is 1. The van der Waals surface area contributed by atoms with Crippen molar-refractivity contribution in [3.05, 3.63) is 22.8 Å². The van der Waals surface area contributed by atoms with Gasteiger partial charge in [-0.2, -0.15) is 0 Å². The third kappa shape index (κ3) is 6.10. The Morgan fingerprint density at radius 1 is 0.973 bits per heavy atom. The molecule has 3 saturated heterocycles. The Kier molecular flexibility index (Phi) is 7.93. The molecule has 3 aliphatic heterocycles. The number of rotatable bonds is 4. The number of carbonyl (C=O) groups excluding carboxylic acids is 1. The maximum atomic E-state index is 12.5. The molecular weight excluding hydrogens is 467 g/mol. The fourth-order valence-electron chi connectivity index (χ4n) is 5.37. The molecule has 206 valence electrons. The zero-order valence-corrected chi connectivity index (χ0v) is 24.5. The van der Waals surface area contributed by atoms with E-state index in [9.17, 15) is 4.79 Å². The second-order valence-corrected chi connectivity index (χ2v) is 12.8. The quantitative estimate of drug-likeness (QED) is 0.620. The Hall–Kier alpha value is -1.81. The van der Waals surface area contributed by atoms with Crippen LogP contribution in [-0.2, 0) is 20.6 Å². The van der Waals surface area contributed by atoms with E-state index in [1.807, 2.05) is 25.7 Å². The predicted molar refractivity (Wildman–Crippen MR) is 150 cm³/mol. The highest BCUT2D eigenvalue weighted by Crippen LogP contribution is 2.38. The topological polar surface area (TPSA) is 66.5 Å². The molecule has 0 atom stereocenters. The first-order valence-corrected chi connectivity index (χ1v) is 13.8. The normalized spacial score (nSPS) is 22.5. The molecule has 1 aromatic rings. The largest absolute Gasteiger partial charge is 0.495 e. The van der Waals surface area contributed by atoms with Gasteiger partial charge in [0.25, 0.3) is 0 Å². The summed E-state index contributed by atoms with van der Waals surface area (Å²) < 4.78 is 18.6. The summed E-state index contributed by atoms with van der Waals surface area (Å²) >= 11 is 0. The van der Waals surface area contributed by atoms with Crippen molar-refractivity contribution >= 4 is 24.4 Å². The van der Waals surface area contributed by atoms with Crippen molar-refractivity contribution in [1.82, 2.24) is 15.1 Å². The van der Waals surface area contributed by atoms with Crippen LogP contribution in [0.4, 0.5) is 10.5 Å². The highest BCUT2D eigenvalue weighted by molar-refractivity contribution is 6.63. The SMILES string of the molecule is Cc1c(CN2CCN(C(=O)OC(C)(C)C)CC2)cc(B2OC(C)(C)C(C)(C)O2)c(C)c1N1CCNCC1. The second-order valence-electron chi connectivity index (χ2n) is 12.8. The van der Waals surface area contributed by atoms with E-state index < -0.39 is 12.7 Å². The molecule has 37 heavy (non-hydrogen) atoms. The number of anilines is 1. The van der Waals surface area contributed by atoms with Crippen molar-refractivity contribution in [1.29, 1.82) is 0 Å². The highest BCUT2D eigenvalue weighted by atomic mass is 16.7. The average Bonchev–Trinajstić information content (AvgIpc) is 3.02. The van der Waals surface area contributed by atoms with Crippen LogP contribution in [0.15, 0.2) is 6.07 Å². The van der Waals surface area contributed by atoms with Gasteiger partial charge in [-0.25, -0.2) is 4.79 Å². The molecule has 1 aromatic carbocycles. The third-order valence-electron chi connectivity index (χ3n) is 8.31. The molecule has 9 heteroatoms. The van der Waals surface area contributed by atoms with Crippen LogP contribution >= 0.6 is 0 Å². The molecule has 0 radical (unpaired) electrons. The molecule has 8 nitrogen and oxygen atoms in total. The van der Waals surface area contributed by atoms with Crippen LogP contribution < -0.4 is 15.7 Å². The summed E-state index contributed by atoms with van der Waals surface area (Å²) in [4.78, 5) is 19.3. The van der Waals surface area contributed by atoms with E-state index in [4.69, 9.17) is 14.0 Å². The van der Waals surface area contributed by atoms with Gasteiger partial charge in [-0.1, -0.05) is 6.07 Å². The molecule has 0 spiro atoms. The lowest BCUT2D eigenvalue weighted by Crippen LogP contribution is -2.50. The van der Waals surface area contributed by atoms with Gasteiger partial charge >= 0.3 is 13.2 Å². The summed E-state index contributed by atoms with van der Waals surface area (Å²) in [6.45, 7) is 26.4. The Bertz CT molecular complexity index is 977. The summed E-state index contributed by atoms with van der Waals surface area (Å²) in [5, 5.41) is 3.48. The Morgan fingerprint density at radius 3 is 2.08 bits per heavy atom. The van der Waals surface area contributed by atoms with E-state index in [2.05, 4.69) is 62.7 Å². The van der Waals surface area contributed by atoms with Crippen LogP contribution in [0.5, 0.6) is 0 Å². The zero-order valence-electron chi connectivity index (χ0n) is 24.5. The van der Waals surface area contributed by atoms with Crippen molar-refractivity contribution in [2.75, 3.05) is 57.3 Å². The fraction of sp³-hybridized carbons (Fsp3) is 0.750. The van der Waals surface area contributed by atoms with E-state index in [1.165, 1.54) is 22.4 Å². The minimum Gasteiger partial charge on any atom is -0.444 e. The van der Waals surface area contributed by atoms with Gasteiger partial charge in [0.2, 0.25) is 0 Å². The van der Waals surface area contributed by atoms with Gasteiger partial charge in [0.1, 0.15) is 5.60 Å². The van der Waals surface area contributed by atoms with Crippen molar-refractivity contribution in [3.63, 3.8) is 0 Å². The molecule has 3 heterocycles. The number of nitrogens with zero attached hydrogens (tertiary/aromatic N) is 3. The second kappa shape index (κ2) is 10.4. The number of hydrogen-bond donors (Lipinski definition) is 1. The molecule has 1 N–H and O–H groups in total. The molecule has 4 rings (SSSR count). The van der Waals surface area contributed by atoms with E-state index >= 15 is 0 Å². The molecular formula is C28H47BN4O4. The third-order valence-corrected chi connectivity index (χ3v) is 8.31. The lowest BCUT2D eigenvalue weighted by molar-refractivity contribution is 0.00578. The minimum atomic E-state index is -0.475. The van der Waals surface area contributed by atoms with Gasteiger partial charge in [0, 0.05) is 64.6 Å². The fourth-order valence-corrected chi connectivity index (χ4v) is 5.37. The van der Waals surface area contributed by atoms with Gasteiger partial charge in [-0.3, -0.25) is 4.90 Å². The van der Waals surface area contributed by atoms with Crippen molar-refractivity contribution in [2.24, 2.45) is 0 Å². The maximum absolute atomic E-state index is 12.5. The molecule has 1 amide bonds. The first kappa shape index (κ1) is 28.2. The summed E-state index contributed by atoms with van der Waals surface area (Å²) in [6.07, 6.45) is -0.220. The number of benzene rings is 1. The van der Waals surface area contributed by atoms with Crippen LogP contribution in [0.25, 0.3) is 0 Å². The number of hydrogen-bond acceptors (Lipinski definition) is 7. The van der Waals surface area contributed by atoms with Gasteiger partial charge < -0.3 is 29.2 Å². The Balaban J connectivity index is 1.58. The number of nitrogens with one attached hydrogen (secondary N) is 1. The first-order valence-electron chi connectivity index (χ1n) is 13.8. The summed E-state index contributed by atoms with van der Waals surface area (Å²) in [6, 6.07) is 2.30. The Labute approximate surface area is 224 Å². The van der Waals surface area contributed by atoms with Crippen molar-refractivity contribution < 1.29 is 18.8 Å². The Morgan fingerprint density at radius 2 is 1.54 bits per heavy atom. The van der Waals surface area contributed by atoms with Crippen molar-refractivity contribution in [2.45, 2.75) is 85.7 Å². The van der Waals surface area contributed by atoms with Crippen LogP contribution in [-0.4, -0.2) is 92.2 Å². The molecule has 3 aliphatic rings. The van der Waals surface area contributed by atoms with Crippen molar-refractivity contribution in [3.8, 4) is 0 Å². The molecule has 0 unspecified atom stereocenters. The predicted octanol–water partition coefficient (Wildman–Crippen LogP) is 3.06. The van der Waals surface area contributed by atoms with Gasteiger partial charge in [0.15, 0.2) is 0 Å². The van der Waals surface area contributed by atoms with Crippen LogP contribution in [0, 0.1) is 13.8 Å². The lowest BCUT2D eigenvalue weighted by Gasteiger charge is -2.37. The van der Waals surface area contributed by atoms with Gasteiger partial charge in [-0.15, -0.1) is 0 Å². The minimum absolute atomic E-state index is 0.220. The van der Waals surface area contributed by atoms with Crippen LogP contribution in [0.3, 0.4) is 0 Å². The maximum Gasteiger partial charge on any atom is 0.495 e. The smallest absolute Gasteiger partial charge is 0.444 e. The average molecular weight is 515 g/mol. The molecule has 0 aromatic heterocycles. The molecule has 0 bridgehead atoms. The summed E-state index contributed by atoms with van der Waals surface area (Å²) in [5.41, 5.74) is 5.07. The van der Waals surface area contributed by atoms with E-state index in [0.29, 0.717) is 13.1 Å². The number of piperazine rings is 2.